The Hall–Kier alpha value is -1.36. The Morgan fingerprint density at radius 1 is 1.21 bits per heavy atom. The van der Waals surface area contributed by atoms with Crippen molar-refractivity contribution in [2.24, 2.45) is 5.92 Å². The zero-order valence-corrected chi connectivity index (χ0v) is 12.1. The highest BCUT2D eigenvalue weighted by Crippen LogP contribution is 2.63. The van der Waals surface area contributed by atoms with E-state index in [4.69, 9.17) is 31.2 Å². The lowest BCUT2D eigenvalue weighted by atomic mass is 10.0. The second kappa shape index (κ2) is 6.70. The van der Waals surface area contributed by atoms with Crippen molar-refractivity contribution in [2.75, 3.05) is 14.2 Å². The number of hydrogen-bond acceptors (Lipinski definition) is 5. The van der Waals surface area contributed by atoms with E-state index >= 15 is 0 Å². The fraction of sp³-hybridized carbons (Fsp3) is 0.333. The Kier molecular flexibility index (Phi) is 5.54. The summed E-state index contributed by atoms with van der Waals surface area (Å²) in [6.07, 6.45) is 0. The van der Waals surface area contributed by atoms with Crippen molar-refractivity contribution < 1.29 is 13.6 Å². The van der Waals surface area contributed by atoms with Gasteiger partial charge in [-0.1, -0.05) is 29.8 Å². The largest absolute Gasteiger partial charge is 0.340 e. The first-order valence-corrected chi connectivity index (χ1v) is 7.28. The third-order valence-corrected chi connectivity index (χ3v) is 5.29. The van der Waals surface area contributed by atoms with Crippen molar-refractivity contribution in [3.8, 4) is 12.1 Å². The van der Waals surface area contributed by atoms with Crippen LogP contribution in [0.25, 0.3) is 0 Å². The third-order valence-electron chi connectivity index (χ3n) is 2.67. The summed E-state index contributed by atoms with van der Waals surface area (Å²) in [4.78, 5) is 0. The topological polar surface area (TPSA) is 83.1 Å². The van der Waals surface area contributed by atoms with Crippen molar-refractivity contribution in [1.82, 2.24) is 0 Å². The van der Waals surface area contributed by atoms with Gasteiger partial charge in [0.1, 0.15) is 5.66 Å². The molecule has 0 spiro atoms. The molecule has 19 heavy (non-hydrogen) atoms. The molecule has 0 saturated heterocycles. The van der Waals surface area contributed by atoms with Gasteiger partial charge in [-0.05, 0) is 11.6 Å². The molecule has 1 atom stereocenters. The molecule has 0 heterocycles. The SMILES string of the molecule is COP(=O)(OC)[C@H](c1ccccc1Cl)C(C#N)C#N. The van der Waals surface area contributed by atoms with E-state index in [0.717, 1.165) is 0 Å². The van der Waals surface area contributed by atoms with Crippen LogP contribution in [-0.4, -0.2) is 14.2 Å². The highest BCUT2D eigenvalue weighted by atomic mass is 35.5. The summed E-state index contributed by atoms with van der Waals surface area (Å²) in [5, 5.41) is 18.4. The van der Waals surface area contributed by atoms with E-state index in [1.54, 1.807) is 36.4 Å². The molecule has 0 N–H and O–H groups in total. The predicted octanol–water partition coefficient (Wildman–Crippen LogP) is 3.53. The Bertz CT molecular complexity index is 557. The van der Waals surface area contributed by atoms with Crippen LogP contribution in [0.1, 0.15) is 11.2 Å². The molecule has 0 aromatic heterocycles. The van der Waals surface area contributed by atoms with E-state index in [1.165, 1.54) is 14.2 Å². The van der Waals surface area contributed by atoms with Gasteiger partial charge in [0.25, 0.3) is 0 Å². The van der Waals surface area contributed by atoms with Gasteiger partial charge in [0.05, 0.1) is 12.1 Å². The molecule has 0 radical (unpaired) electrons. The second-order valence-electron chi connectivity index (χ2n) is 3.61. The zero-order chi connectivity index (χ0) is 14.5. The molecule has 0 fully saturated rings. The van der Waals surface area contributed by atoms with Crippen LogP contribution in [-0.2, 0) is 13.6 Å². The minimum absolute atomic E-state index is 0.303. The number of hydrogen-bond donors (Lipinski definition) is 0. The fourth-order valence-corrected chi connectivity index (χ4v) is 3.72. The summed E-state index contributed by atoms with van der Waals surface area (Å²) in [6, 6.07) is 10.2. The monoisotopic (exact) mass is 298 g/mol. The smallest absolute Gasteiger partial charge is 0.311 e. The third kappa shape index (κ3) is 3.15. The summed E-state index contributed by atoms with van der Waals surface area (Å²) in [5.74, 6) is -1.19. The van der Waals surface area contributed by atoms with E-state index in [9.17, 15) is 4.57 Å². The van der Waals surface area contributed by atoms with Gasteiger partial charge in [-0.15, -0.1) is 0 Å². The van der Waals surface area contributed by atoms with Gasteiger partial charge in [0.2, 0.25) is 0 Å². The van der Waals surface area contributed by atoms with E-state index in [1.807, 2.05) is 0 Å². The Morgan fingerprint density at radius 3 is 2.16 bits per heavy atom. The van der Waals surface area contributed by atoms with Crippen LogP contribution in [0.5, 0.6) is 0 Å². The summed E-state index contributed by atoms with van der Waals surface area (Å²) >= 11 is 6.05. The van der Waals surface area contributed by atoms with Crippen molar-refractivity contribution >= 4 is 19.2 Å². The summed E-state index contributed by atoms with van der Waals surface area (Å²) in [5.41, 5.74) is -0.657. The zero-order valence-electron chi connectivity index (χ0n) is 10.4. The van der Waals surface area contributed by atoms with Gasteiger partial charge in [0, 0.05) is 19.2 Å². The lowest BCUT2D eigenvalue weighted by molar-refractivity contribution is 0.262. The van der Waals surface area contributed by atoms with Crippen molar-refractivity contribution in [1.29, 1.82) is 10.5 Å². The summed E-state index contributed by atoms with van der Waals surface area (Å²) in [7, 11) is -1.24. The number of benzene rings is 1. The maximum atomic E-state index is 12.6. The van der Waals surface area contributed by atoms with Gasteiger partial charge in [-0.25, -0.2) is 0 Å². The highest BCUT2D eigenvalue weighted by molar-refractivity contribution is 7.54. The van der Waals surface area contributed by atoms with Crippen LogP contribution in [0.2, 0.25) is 5.02 Å². The molecule has 0 aliphatic carbocycles. The molecule has 0 saturated carbocycles. The average Bonchev–Trinajstić information content (AvgIpc) is 2.45. The fourth-order valence-electron chi connectivity index (χ4n) is 1.72. The minimum atomic E-state index is -3.66. The van der Waals surface area contributed by atoms with E-state index in [-0.39, 0.29) is 0 Å². The van der Waals surface area contributed by atoms with Gasteiger partial charge in [0.15, 0.2) is 5.92 Å². The Morgan fingerprint density at radius 2 is 1.74 bits per heavy atom. The molecular formula is C12H12ClN2O3P. The number of halogens is 1. The molecule has 0 bridgehead atoms. The van der Waals surface area contributed by atoms with Crippen LogP contribution >= 0.6 is 19.2 Å². The van der Waals surface area contributed by atoms with Crippen molar-refractivity contribution in [2.45, 2.75) is 5.66 Å². The first kappa shape index (κ1) is 15.7. The maximum Gasteiger partial charge on any atom is 0.340 e. The second-order valence-corrected chi connectivity index (χ2v) is 6.38. The molecule has 1 aromatic rings. The molecule has 5 nitrogen and oxygen atoms in total. The molecule has 0 amide bonds. The Balaban J connectivity index is 3.46. The number of nitrogens with zero attached hydrogens (tertiary/aromatic N) is 2. The van der Waals surface area contributed by atoms with Gasteiger partial charge < -0.3 is 9.05 Å². The minimum Gasteiger partial charge on any atom is -0.311 e. The number of nitriles is 2. The molecule has 0 aliphatic rings. The maximum absolute atomic E-state index is 12.6. The van der Waals surface area contributed by atoms with Crippen LogP contribution in [0, 0.1) is 28.6 Å². The first-order chi connectivity index (χ1) is 9.03. The highest BCUT2D eigenvalue weighted by Gasteiger charge is 2.42. The molecule has 0 aliphatic heterocycles. The van der Waals surface area contributed by atoms with E-state index in [0.29, 0.717) is 10.6 Å². The van der Waals surface area contributed by atoms with Crippen LogP contribution in [0.3, 0.4) is 0 Å². The quantitative estimate of drug-likeness (QED) is 0.776. The normalized spacial score (nSPS) is 12.7. The standard InChI is InChI=1S/C12H12ClN2O3P/c1-17-19(16,18-2)12(9(7-14)8-15)10-5-3-4-6-11(10)13/h3-6,9,12H,1-2H3/t12-/m0/s1. The molecule has 1 aromatic carbocycles. The van der Waals surface area contributed by atoms with Crippen LogP contribution in [0.4, 0.5) is 0 Å². The predicted molar refractivity (Wildman–Crippen MR) is 70.5 cm³/mol. The summed E-state index contributed by atoms with van der Waals surface area (Å²) in [6.45, 7) is 0. The lowest BCUT2D eigenvalue weighted by Gasteiger charge is -2.25. The summed E-state index contributed by atoms with van der Waals surface area (Å²) < 4.78 is 22.4. The van der Waals surface area contributed by atoms with Gasteiger partial charge in [-0.2, -0.15) is 10.5 Å². The lowest BCUT2D eigenvalue weighted by Crippen LogP contribution is -2.13. The molecule has 7 heteroatoms. The molecule has 1 rings (SSSR count). The average molecular weight is 299 g/mol. The first-order valence-electron chi connectivity index (χ1n) is 5.29. The number of rotatable bonds is 5. The van der Waals surface area contributed by atoms with Crippen LogP contribution in [0.15, 0.2) is 24.3 Å². The molecule has 0 unspecified atom stereocenters. The van der Waals surface area contributed by atoms with E-state index < -0.39 is 19.2 Å². The molecular weight excluding hydrogens is 287 g/mol. The van der Waals surface area contributed by atoms with Crippen molar-refractivity contribution in [3.05, 3.63) is 34.9 Å². The van der Waals surface area contributed by atoms with Gasteiger partial charge in [-0.3, -0.25) is 4.57 Å². The van der Waals surface area contributed by atoms with Crippen molar-refractivity contribution in [3.63, 3.8) is 0 Å². The van der Waals surface area contributed by atoms with Gasteiger partial charge >= 0.3 is 7.60 Å². The molecule has 100 valence electrons. The Labute approximate surface area is 116 Å². The van der Waals surface area contributed by atoms with E-state index in [2.05, 4.69) is 0 Å². The van der Waals surface area contributed by atoms with Crippen LogP contribution < -0.4 is 0 Å².